The summed E-state index contributed by atoms with van der Waals surface area (Å²) in [5, 5.41) is 5.55. The molecule has 3 aromatic rings. The van der Waals surface area contributed by atoms with Crippen LogP contribution in [0.3, 0.4) is 0 Å². The fourth-order valence-corrected chi connectivity index (χ4v) is 2.53. The Morgan fingerprint density at radius 2 is 1.96 bits per heavy atom. The van der Waals surface area contributed by atoms with E-state index in [0.29, 0.717) is 12.2 Å². The van der Waals surface area contributed by atoms with Crippen LogP contribution in [0.1, 0.15) is 11.3 Å². The number of ether oxygens (including phenoxy) is 2. The Bertz CT molecular complexity index is 882. The molecule has 0 saturated carbocycles. The van der Waals surface area contributed by atoms with Crippen molar-refractivity contribution < 1.29 is 14.3 Å². The zero-order valence-corrected chi connectivity index (χ0v) is 13.6. The van der Waals surface area contributed by atoms with E-state index in [1.807, 2.05) is 41.1 Å². The SMILES string of the molecule is COC(=O)/C=C/c1nn(Cc2ccccc2)c2ccc(OC)cc12. The maximum atomic E-state index is 11.4. The lowest BCUT2D eigenvalue weighted by Crippen LogP contribution is -2.01. The third-order valence-electron chi connectivity index (χ3n) is 3.74. The zero-order chi connectivity index (χ0) is 16.9. The summed E-state index contributed by atoms with van der Waals surface area (Å²) in [6, 6.07) is 15.9. The van der Waals surface area contributed by atoms with Crippen molar-refractivity contribution in [3.05, 3.63) is 65.9 Å². The van der Waals surface area contributed by atoms with Crippen molar-refractivity contribution in [1.82, 2.24) is 9.78 Å². The first kappa shape index (κ1) is 15.8. The lowest BCUT2D eigenvalue weighted by atomic mass is 10.2. The first-order chi connectivity index (χ1) is 11.7. The topological polar surface area (TPSA) is 53.3 Å². The monoisotopic (exact) mass is 322 g/mol. The first-order valence-electron chi connectivity index (χ1n) is 7.56. The molecule has 0 bridgehead atoms. The molecule has 3 rings (SSSR count). The maximum Gasteiger partial charge on any atom is 0.330 e. The van der Waals surface area contributed by atoms with Gasteiger partial charge >= 0.3 is 5.97 Å². The molecule has 5 nitrogen and oxygen atoms in total. The van der Waals surface area contributed by atoms with Gasteiger partial charge in [-0.05, 0) is 29.8 Å². The van der Waals surface area contributed by atoms with Gasteiger partial charge < -0.3 is 9.47 Å². The molecular weight excluding hydrogens is 304 g/mol. The number of nitrogens with zero attached hydrogens (tertiary/aromatic N) is 2. The van der Waals surface area contributed by atoms with Gasteiger partial charge in [0.15, 0.2) is 0 Å². The molecule has 0 fully saturated rings. The third kappa shape index (κ3) is 3.30. The summed E-state index contributed by atoms with van der Waals surface area (Å²) in [5.74, 6) is 0.332. The number of rotatable bonds is 5. The van der Waals surface area contributed by atoms with Crippen LogP contribution in [0.5, 0.6) is 5.75 Å². The second-order valence-corrected chi connectivity index (χ2v) is 5.27. The van der Waals surface area contributed by atoms with Gasteiger partial charge in [-0.1, -0.05) is 30.3 Å². The van der Waals surface area contributed by atoms with E-state index in [0.717, 1.165) is 22.2 Å². The van der Waals surface area contributed by atoms with Crippen LogP contribution in [0, 0.1) is 0 Å². The van der Waals surface area contributed by atoms with E-state index in [1.165, 1.54) is 13.2 Å². The summed E-state index contributed by atoms with van der Waals surface area (Å²) in [5.41, 5.74) is 2.83. The minimum atomic E-state index is -0.413. The molecule has 0 spiro atoms. The van der Waals surface area contributed by atoms with Gasteiger partial charge in [0.1, 0.15) is 5.75 Å². The summed E-state index contributed by atoms with van der Waals surface area (Å²) < 4.78 is 11.9. The molecule has 0 aliphatic rings. The molecule has 1 heterocycles. The van der Waals surface area contributed by atoms with Crippen molar-refractivity contribution in [2.24, 2.45) is 0 Å². The first-order valence-corrected chi connectivity index (χ1v) is 7.56. The van der Waals surface area contributed by atoms with E-state index in [2.05, 4.69) is 22.0 Å². The van der Waals surface area contributed by atoms with Gasteiger partial charge in [-0.2, -0.15) is 5.10 Å². The number of hydrogen-bond acceptors (Lipinski definition) is 4. The lowest BCUT2D eigenvalue weighted by Gasteiger charge is -2.04. The standard InChI is InChI=1S/C19H18N2O3/c1-23-15-8-10-18-16(12-15)17(9-11-19(22)24-2)20-21(18)13-14-6-4-3-5-7-14/h3-12H,13H2,1-2H3/b11-9+. The number of hydrogen-bond donors (Lipinski definition) is 0. The Morgan fingerprint density at radius 1 is 1.17 bits per heavy atom. The van der Waals surface area contributed by atoms with E-state index >= 15 is 0 Å². The van der Waals surface area contributed by atoms with Crippen LogP contribution in [0.2, 0.25) is 0 Å². The molecule has 0 aliphatic carbocycles. The summed E-state index contributed by atoms with van der Waals surface area (Å²) in [7, 11) is 2.97. The number of aromatic nitrogens is 2. The molecule has 24 heavy (non-hydrogen) atoms. The average Bonchev–Trinajstić information content (AvgIpc) is 2.97. The molecule has 2 aromatic carbocycles. The van der Waals surface area contributed by atoms with Gasteiger partial charge in [-0.25, -0.2) is 4.79 Å². The van der Waals surface area contributed by atoms with Crippen LogP contribution < -0.4 is 4.74 Å². The fourth-order valence-electron chi connectivity index (χ4n) is 2.53. The van der Waals surface area contributed by atoms with Crippen molar-refractivity contribution in [1.29, 1.82) is 0 Å². The van der Waals surface area contributed by atoms with Crippen molar-refractivity contribution in [3.8, 4) is 5.75 Å². The molecule has 0 aliphatic heterocycles. The quantitative estimate of drug-likeness (QED) is 0.534. The fraction of sp³-hybridized carbons (Fsp3) is 0.158. The predicted molar refractivity (Wildman–Crippen MR) is 92.9 cm³/mol. The Hall–Kier alpha value is -3.08. The molecule has 1 aromatic heterocycles. The molecule has 122 valence electrons. The van der Waals surface area contributed by atoms with Gasteiger partial charge in [0.25, 0.3) is 0 Å². The van der Waals surface area contributed by atoms with Gasteiger partial charge in [-0.3, -0.25) is 4.68 Å². The van der Waals surface area contributed by atoms with Crippen LogP contribution >= 0.6 is 0 Å². The van der Waals surface area contributed by atoms with Gasteiger partial charge in [0, 0.05) is 11.5 Å². The van der Waals surface area contributed by atoms with Gasteiger partial charge in [-0.15, -0.1) is 0 Å². The largest absolute Gasteiger partial charge is 0.497 e. The van der Waals surface area contributed by atoms with Crippen LogP contribution in [-0.2, 0) is 16.1 Å². The highest BCUT2D eigenvalue weighted by molar-refractivity contribution is 5.93. The molecule has 0 N–H and O–H groups in total. The number of esters is 1. The molecular formula is C19H18N2O3. The summed E-state index contributed by atoms with van der Waals surface area (Å²) in [6.07, 6.45) is 3.03. The van der Waals surface area contributed by atoms with Crippen molar-refractivity contribution in [2.45, 2.75) is 6.54 Å². The van der Waals surface area contributed by atoms with Crippen LogP contribution in [0.4, 0.5) is 0 Å². The minimum absolute atomic E-state index is 0.413. The van der Waals surface area contributed by atoms with Crippen LogP contribution in [0.15, 0.2) is 54.6 Å². The van der Waals surface area contributed by atoms with E-state index in [9.17, 15) is 4.79 Å². The third-order valence-corrected chi connectivity index (χ3v) is 3.74. The van der Waals surface area contributed by atoms with Crippen LogP contribution in [0.25, 0.3) is 17.0 Å². The second kappa shape index (κ2) is 7.00. The average molecular weight is 322 g/mol. The normalized spacial score (nSPS) is 11.1. The molecule has 0 amide bonds. The number of carbonyl (C=O) groups excluding carboxylic acids is 1. The number of fused-ring (bicyclic) bond motifs is 1. The molecule has 0 unspecified atom stereocenters. The lowest BCUT2D eigenvalue weighted by molar-refractivity contribution is -0.134. The highest BCUT2D eigenvalue weighted by atomic mass is 16.5. The van der Waals surface area contributed by atoms with Crippen molar-refractivity contribution in [2.75, 3.05) is 14.2 Å². The highest BCUT2D eigenvalue weighted by Gasteiger charge is 2.10. The van der Waals surface area contributed by atoms with Crippen molar-refractivity contribution in [3.63, 3.8) is 0 Å². The second-order valence-electron chi connectivity index (χ2n) is 5.27. The van der Waals surface area contributed by atoms with Crippen molar-refractivity contribution >= 4 is 22.9 Å². The predicted octanol–water partition coefficient (Wildman–Crippen LogP) is 3.28. The Morgan fingerprint density at radius 3 is 2.67 bits per heavy atom. The Labute approximate surface area is 140 Å². The van der Waals surface area contributed by atoms with E-state index in [-0.39, 0.29) is 0 Å². The summed E-state index contributed by atoms with van der Waals surface area (Å²) in [6.45, 7) is 0.649. The smallest absolute Gasteiger partial charge is 0.330 e. The molecule has 0 radical (unpaired) electrons. The maximum absolute atomic E-state index is 11.4. The van der Waals surface area contributed by atoms with E-state index in [1.54, 1.807) is 13.2 Å². The minimum Gasteiger partial charge on any atom is -0.497 e. The number of methoxy groups -OCH3 is 2. The van der Waals surface area contributed by atoms with E-state index in [4.69, 9.17) is 4.74 Å². The Balaban J connectivity index is 2.06. The summed E-state index contributed by atoms with van der Waals surface area (Å²) in [4.78, 5) is 11.4. The number of carbonyl (C=O) groups is 1. The van der Waals surface area contributed by atoms with Crippen LogP contribution in [-0.4, -0.2) is 30.0 Å². The van der Waals surface area contributed by atoms with Gasteiger partial charge in [0.2, 0.25) is 0 Å². The zero-order valence-electron chi connectivity index (χ0n) is 13.6. The highest BCUT2D eigenvalue weighted by Crippen LogP contribution is 2.25. The molecule has 0 saturated heterocycles. The van der Waals surface area contributed by atoms with E-state index < -0.39 is 5.97 Å². The summed E-state index contributed by atoms with van der Waals surface area (Å²) >= 11 is 0. The Kier molecular flexibility index (Phi) is 4.61. The number of benzene rings is 2. The molecule has 0 atom stereocenters. The van der Waals surface area contributed by atoms with Gasteiger partial charge in [0.05, 0.1) is 32.0 Å². The molecule has 5 heteroatoms.